The average Bonchev–Trinajstić information content (AvgIpc) is 3.14. The summed E-state index contributed by atoms with van der Waals surface area (Å²) < 4.78 is 11.5. The Morgan fingerprint density at radius 3 is 2.28 bits per heavy atom. The number of nitrogens with one attached hydrogen (secondary N) is 1. The molecule has 0 atom stereocenters. The minimum absolute atomic E-state index is 0.186. The molecule has 0 unspecified atom stereocenters. The standard InChI is InChI=1S/C23H20N2O3S/c1-27-19-13-18-21(14-20(19)28-2)29-23(24-18)25-22(26)17-10-8-16(9-11-17)12-15-6-4-3-5-7-15/h3-11,13-14H,12H2,1-2H3,(H,24,25,26). The van der Waals surface area contributed by atoms with E-state index in [1.54, 1.807) is 20.3 Å². The lowest BCUT2D eigenvalue weighted by Crippen LogP contribution is -2.11. The van der Waals surface area contributed by atoms with Crippen LogP contribution in [0.25, 0.3) is 10.2 Å². The second-order valence-electron chi connectivity index (χ2n) is 6.51. The van der Waals surface area contributed by atoms with Crippen LogP contribution in [0.4, 0.5) is 5.13 Å². The quantitative estimate of drug-likeness (QED) is 0.482. The summed E-state index contributed by atoms with van der Waals surface area (Å²) >= 11 is 1.40. The van der Waals surface area contributed by atoms with Crippen molar-refractivity contribution in [2.24, 2.45) is 0 Å². The van der Waals surface area contributed by atoms with Crippen LogP contribution >= 0.6 is 11.3 Å². The van der Waals surface area contributed by atoms with Gasteiger partial charge in [0.1, 0.15) is 0 Å². The predicted molar refractivity (Wildman–Crippen MR) is 116 cm³/mol. The molecular formula is C23H20N2O3S. The third-order valence-corrected chi connectivity index (χ3v) is 5.52. The Bertz CT molecular complexity index is 1100. The van der Waals surface area contributed by atoms with Gasteiger partial charge in [0.2, 0.25) is 0 Å². The maximum atomic E-state index is 12.6. The van der Waals surface area contributed by atoms with Crippen LogP contribution in [0.1, 0.15) is 21.5 Å². The van der Waals surface area contributed by atoms with Gasteiger partial charge in [-0.3, -0.25) is 10.1 Å². The Kier molecular flexibility index (Phi) is 5.44. The lowest BCUT2D eigenvalue weighted by atomic mass is 10.0. The number of hydrogen-bond acceptors (Lipinski definition) is 5. The van der Waals surface area contributed by atoms with E-state index in [9.17, 15) is 4.79 Å². The first-order chi connectivity index (χ1) is 14.2. The van der Waals surface area contributed by atoms with Gasteiger partial charge < -0.3 is 9.47 Å². The third kappa shape index (κ3) is 4.22. The summed E-state index contributed by atoms with van der Waals surface area (Å²) in [7, 11) is 3.18. The maximum Gasteiger partial charge on any atom is 0.257 e. The Labute approximate surface area is 172 Å². The SMILES string of the molecule is COc1cc2nc(NC(=O)c3ccc(Cc4ccccc4)cc3)sc2cc1OC. The molecule has 0 saturated heterocycles. The van der Waals surface area contributed by atoms with Crippen molar-refractivity contribution >= 4 is 32.6 Å². The first-order valence-electron chi connectivity index (χ1n) is 9.13. The van der Waals surface area contributed by atoms with Crippen LogP contribution in [-0.4, -0.2) is 25.1 Å². The van der Waals surface area contributed by atoms with E-state index in [1.165, 1.54) is 16.9 Å². The fraction of sp³-hybridized carbons (Fsp3) is 0.130. The molecule has 1 heterocycles. The van der Waals surface area contributed by atoms with Gasteiger partial charge in [-0.25, -0.2) is 4.98 Å². The zero-order valence-corrected chi connectivity index (χ0v) is 17.0. The van der Waals surface area contributed by atoms with Crippen LogP contribution in [-0.2, 0) is 6.42 Å². The first kappa shape index (κ1) is 19.0. The molecule has 0 saturated carbocycles. The molecule has 1 N–H and O–H groups in total. The monoisotopic (exact) mass is 404 g/mol. The molecule has 1 aromatic heterocycles. The van der Waals surface area contributed by atoms with Gasteiger partial charge in [0.15, 0.2) is 16.6 Å². The third-order valence-electron chi connectivity index (χ3n) is 4.58. The van der Waals surface area contributed by atoms with Crippen molar-refractivity contribution in [3.8, 4) is 11.5 Å². The molecule has 5 nitrogen and oxygen atoms in total. The Hall–Kier alpha value is -3.38. The molecule has 4 aromatic rings. The van der Waals surface area contributed by atoms with Gasteiger partial charge in [-0.2, -0.15) is 0 Å². The molecule has 0 fully saturated rings. The number of rotatable bonds is 6. The summed E-state index contributed by atoms with van der Waals surface area (Å²) in [5, 5.41) is 3.41. The molecule has 6 heteroatoms. The largest absolute Gasteiger partial charge is 0.493 e. The molecular weight excluding hydrogens is 384 g/mol. The summed E-state index contributed by atoms with van der Waals surface area (Å²) in [6.07, 6.45) is 0.838. The number of amides is 1. The minimum atomic E-state index is -0.186. The zero-order valence-electron chi connectivity index (χ0n) is 16.1. The highest BCUT2D eigenvalue weighted by Gasteiger charge is 2.13. The molecule has 0 aliphatic rings. The van der Waals surface area contributed by atoms with Gasteiger partial charge in [0.05, 0.1) is 24.4 Å². The molecule has 0 bridgehead atoms. The summed E-state index contributed by atoms with van der Waals surface area (Å²) in [6, 6.07) is 21.6. The summed E-state index contributed by atoms with van der Waals surface area (Å²) in [5.41, 5.74) is 3.74. The second-order valence-corrected chi connectivity index (χ2v) is 7.54. The topological polar surface area (TPSA) is 60.5 Å². The van der Waals surface area contributed by atoms with Gasteiger partial charge in [0.25, 0.3) is 5.91 Å². The second kappa shape index (κ2) is 8.32. The molecule has 1 amide bonds. The van der Waals surface area contributed by atoms with E-state index in [2.05, 4.69) is 22.4 Å². The Morgan fingerprint density at radius 2 is 1.59 bits per heavy atom. The number of carbonyl (C=O) groups excluding carboxylic acids is 1. The first-order valence-corrected chi connectivity index (χ1v) is 9.94. The van der Waals surface area contributed by atoms with Crippen molar-refractivity contribution in [2.75, 3.05) is 19.5 Å². The molecule has 0 radical (unpaired) electrons. The van der Waals surface area contributed by atoms with Crippen LogP contribution in [0.2, 0.25) is 0 Å². The minimum Gasteiger partial charge on any atom is -0.493 e. The van der Waals surface area contributed by atoms with E-state index >= 15 is 0 Å². The summed E-state index contributed by atoms with van der Waals surface area (Å²) in [6.45, 7) is 0. The van der Waals surface area contributed by atoms with Crippen molar-refractivity contribution in [3.63, 3.8) is 0 Å². The molecule has 4 rings (SSSR count). The van der Waals surface area contributed by atoms with Crippen LogP contribution < -0.4 is 14.8 Å². The van der Waals surface area contributed by atoms with E-state index in [4.69, 9.17) is 9.47 Å². The Morgan fingerprint density at radius 1 is 0.931 bits per heavy atom. The molecule has 29 heavy (non-hydrogen) atoms. The number of carbonyl (C=O) groups is 1. The van der Waals surface area contributed by atoms with Crippen molar-refractivity contribution < 1.29 is 14.3 Å². The van der Waals surface area contributed by atoms with E-state index in [0.717, 1.165) is 22.2 Å². The van der Waals surface area contributed by atoms with Crippen molar-refractivity contribution in [2.45, 2.75) is 6.42 Å². The van der Waals surface area contributed by atoms with Gasteiger partial charge in [-0.15, -0.1) is 0 Å². The van der Waals surface area contributed by atoms with Crippen molar-refractivity contribution in [1.82, 2.24) is 4.98 Å². The van der Waals surface area contributed by atoms with Gasteiger partial charge in [0, 0.05) is 17.7 Å². The highest BCUT2D eigenvalue weighted by molar-refractivity contribution is 7.22. The number of aromatic nitrogens is 1. The van der Waals surface area contributed by atoms with Gasteiger partial charge in [-0.05, 0) is 29.7 Å². The van der Waals surface area contributed by atoms with Crippen LogP contribution in [0.15, 0.2) is 66.7 Å². The van der Waals surface area contributed by atoms with Crippen LogP contribution in [0.5, 0.6) is 11.5 Å². The van der Waals surface area contributed by atoms with E-state index in [1.807, 2.05) is 48.5 Å². The highest BCUT2D eigenvalue weighted by atomic mass is 32.1. The van der Waals surface area contributed by atoms with Crippen LogP contribution in [0, 0.1) is 0 Å². The van der Waals surface area contributed by atoms with Gasteiger partial charge in [-0.1, -0.05) is 53.8 Å². The smallest absolute Gasteiger partial charge is 0.257 e. The molecule has 0 aliphatic heterocycles. The number of hydrogen-bond donors (Lipinski definition) is 1. The summed E-state index contributed by atoms with van der Waals surface area (Å²) in [5.74, 6) is 1.06. The summed E-state index contributed by atoms with van der Waals surface area (Å²) in [4.78, 5) is 17.1. The van der Waals surface area contributed by atoms with Gasteiger partial charge >= 0.3 is 0 Å². The number of anilines is 1. The zero-order chi connectivity index (χ0) is 20.2. The normalized spacial score (nSPS) is 10.7. The number of ether oxygens (including phenoxy) is 2. The highest BCUT2D eigenvalue weighted by Crippen LogP contribution is 2.36. The Balaban J connectivity index is 1.48. The van der Waals surface area contributed by atoms with Crippen molar-refractivity contribution in [3.05, 3.63) is 83.4 Å². The fourth-order valence-corrected chi connectivity index (χ4v) is 3.95. The predicted octanol–water partition coefficient (Wildman–Crippen LogP) is 5.16. The lowest BCUT2D eigenvalue weighted by molar-refractivity contribution is 0.102. The number of fused-ring (bicyclic) bond motifs is 1. The van der Waals surface area contributed by atoms with Crippen LogP contribution in [0.3, 0.4) is 0 Å². The number of thiazole rings is 1. The van der Waals surface area contributed by atoms with E-state index in [-0.39, 0.29) is 5.91 Å². The number of nitrogens with zero attached hydrogens (tertiary/aromatic N) is 1. The molecule has 3 aromatic carbocycles. The van der Waals surface area contributed by atoms with E-state index in [0.29, 0.717) is 22.2 Å². The number of benzene rings is 3. The fourth-order valence-electron chi connectivity index (χ4n) is 3.08. The molecule has 146 valence electrons. The lowest BCUT2D eigenvalue weighted by Gasteiger charge is -2.05. The average molecular weight is 404 g/mol. The molecule has 0 spiro atoms. The maximum absolute atomic E-state index is 12.6. The van der Waals surface area contributed by atoms with E-state index < -0.39 is 0 Å². The van der Waals surface area contributed by atoms with Crippen molar-refractivity contribution in [1.29, 1.82) is 0 Å². The number of methoxy groups -OCH3 is 2. The molecule has 0 aliphatic carbocycles.